The first-order valence-electron chi connectivity index (χ1n) is 7.03. The molecule has 0 bridgehead atoms. The van der Waals surface area contributed by atoms with Crippen LogP contribution in [0.3, 0.4) is 0 Å². The minimum atomic E-state index is -1.92. The first-order valence-corrected chi connectivity index (χ1v) is 8.06. The van der Waals surface area contributed by atoms with Crippen molar-refractivity contribution in [1.82, 2.24) is 9.29 Å². The van der Waals surface area contributed by atoms with E-state index in [-0.39, 0.29) is 6.61 Å². The van der Waals surface area contributed by atoms with Gasteiger partial charge >= 0.3 is 6.09 Å². The number of carbonyl (C=O) groups excluding carboxylic acids is 1. The van der Waals surface area contributed by atoms with Crippen molar-refractivity contribution in [2.75, 3.05) is 13.7 Å². The molecule has 1 unspecified atom stereocenters. The van der Waals surface area contributed by atoms with E-state index >= 15 is 0 Å². The molecule has 122 valence electrons. The third-order valence-electron chi connectivity index (χ3n) is 2.94. The van der Waals surface area contributed by atoms with E-state index in [2.05, 4.69) is 4.98 Å². The smallest absolute Gasteiger partial charge is 0.409 e. The number of carbonyl (C=O) groups is 1. The van der Waals surface area contributed by atoms with E-state index in [9.17, 15) is 9.00 Å². The zero-order valence-electron chi connectivity index (χ0n) is 13.0. The highest BCUT2D eigenvalue weighted by Crippen LogP contribution is 2.14. The van der Waals surface area contributed by atoms with E-state index in [0.717, 1.165) is 15.6 Å². The molecule has 1 amide bonds. The average Bonchev–Trinajstić information content (AvgIpc) is 2.55. The molecule has 1 aromatic carbocycles. The standard InChI is InChI=1S/C16H18N2O4S/c1-13-6-5-8-15(12-13)22-16(19)18(2)23(20)21-11-9-14-7-3-4-10-17-14/h3-8,10,12H,9,11H2,1-2H3. The summed E-state index contributed by atoms with van der Waals surface area (Å²) in [7, 11) is 1.36. The molecule has 0 aliphatic heterocycles. The van der Waals surface area contributed by atoms with Gasteiger partial charge in [0.1, 0.15) is 5.75 Å². The van der Waals surface area contributed by atoms with E-state index in [1.165, 1.54) is 7.05 Å². The van der Waals surface area contributed by atoms with Crippen LogP contribution in [0.25, 0.3) is 0 Å². The van der Waals surface area contributed by atoms with Gasteiger partial charge in [0.25, 0.3) is 11.3 Å². The van der Waals surface area contributed by atoms with E-state index in [4.69, 9.17) is 8.92 Å². The lowest BCUT2D eigenvalue weighted by Crippen LogP contribution is -2.32. The van der Waals surface area contributed by atoms with Gasteiger partial charge in [-0.1, -0.05) is 18.2 Å². The Morgan fingerprint density at radius 2 is 2.09 bits per heavy atom. The highest BCUT2D eigenvalue weighted by molar-refractivity contribution is 7.78. The average molecular weight is 334 g/mol. The summed E-state index contributed by atoms with van der Waals surface area (Å²) >= 11 is -1.92. The van der Waals surface area contributed by atoms with Crippen LogP contribution in [0.15, 0.2) is 48.7 Å². The molecule has 7 heteroatoms. The second-order valence-corrected chi connectivity index (χ2v) is 6.01. The summed E-state index contributed by atoms with van der Waals surface area (Å²) in [6, 6.07) is 12.6. The zero-order valence-corrected chi connectivity index (χ0v) is 13.8. The predicted octanol–water partition coefficient (Wildman–Crippen LogP) is 2.66. The van der Waals surface area contributed by atoms with Crippen molar-refractivity contribution in [2.45, 2.75) is 13.3 Å². The molecule has 0 aliphatic carbocycles. The lowest BCUT2D eigenvalue weighted by Gasteiger charge is -2.15. The van der Waals surface area contributed by atoms with E-state index in [0.29, 0.717) is 12.2 Å². The molecule has 0 N–H and O–H groups in total. The molecule has 0 saturated carbocycles. The largest absolute Gasteiger partial charge is 0.428 e. The summed E-state index contributed by atoms with van der Waals surface area (Å²) in [5.74, 6) is 0.396. The number of aryl methyl sites for hydroxylation is 1. The monoisotopic (exact) mass is 334 g/mol. The Kier molecular flexibility index (Phi) is 6.25. The molecule has 2 rings (SSSR count). The van der Waals surface area contributed by atoms with Crippen LogP contribution in [-0.2, 0) is 21.9 Å². The van der Waals surface area contributed by atoms with Crippen molar-refractivity contribution in [3.63, 3.8) is 0 Å². The fraction of sp³-hybridized carbons (Fsp3) is 0.250. The minimum absolute atomic E-state index is 0.186. The lowest BCUT2D eigenvalue weighted by molar-refractivity contribution is 0.182. The maximum atomic E-state index is 11.9. The number of hydrogen-bond acceptors (Lipinski definition) is 5. The van der Waals surface area contributed by atoms with Crippen molar-refractivity contribution in [1.29, 1.82) is 0 Å². The Labute approximate surface area is 137 Å². The SMILES string of the molecule is Cc1cccc(OC(=O)N(C)S(=O)OCCc2ccccn2)c1. The second-order valence-electron chi connectivity index (χ2n) is 4.79. The first kappa shape index (κ1) is 17.1. The van der Waals surface area contributed by atoms with Crippen LogP contribution in [0.1, 0.15) is 11.3 Å². The van der Waals surface area contributed by atoms with E-state index in [1.54, 1.807) is 24.4 Å². The summed E-state index contributed by atoms with van der Waals surface area (Å²) in [4.78, 5) is 16.1. The molecule has 1 atom stereocenters. The van der Waals surface area contributed by atoms with E-state index in [1.807, 2.05) is 31.2 Å². The molecule has 0 saturated heterocycles. The van der Waals surface area contributed by atoms with Gasteiger partial charge in [0.15, 0.2) is 0 Å². The molecule has 0 fully saturated rings. The van der Waals surface area contributed by atoms with Gasteiger partial charge in [-0.05, 0) is 36.8 Å². The molecule has 6 nitrogen and oxygen atoms in total. The molecule has 0 spiro atoms. The third-order valence-corrected chi connectivity index (χ3v) is 3.91. The normalized spacial score (nSPS) is 11.7. The summed E-state index contributed by atoms with van der Waals surface area (Å²) < 4.78 is 23.1. The van der Waals surface area contributed by atoms with Gasteiger partial charge in [-0.2, -0.15) is 0 Å². The number of amides is 1. The number of pyridine rings is 1. The number of rotatable bonds is 6. The zero-order chi connectivity index (χ0) is 16.7. The topological polar surface area (TPSA) is 68.7 Å². The fourth-order valence-electron chi connectivity index (χ4n) is 1.75. The highest BCUT2D eigenvalue weighted by atomic mass is 32.2. The Bertz CT molecular complexity index is 679. The van der Waals surface area contributed by atoms with Crippen molar-refractivity contribution >= 4 is 17.4 Å². The molecule has 23 heavy (non-hydrogen) atoms. The fourth-order valence-corrected chi connectivity index (χ4v) is 2.29. The van der Waals surface area contributed by atoms with Gasteiger partial charge in [0.2, 0.25) is 0 Å². The summed E-state index contributed by atoms with van der Waals surface area (Å²) in [6.07, 6.45) is 1.44. The molecular formula is C16H18N2O4S. The molecule has 2 aromatic rings. The van der Waals surface area contributed by atoms with Gasteiger partial charge in [-0.15, -0.1) is 0 Å². The van der Waals surface area contributed by atoms with Gasteiger partial charge in [-0.25, -0.2) is 13.3 Å². The van der Waals surface area contributed by atoms with Crippen LogP contribution in [-0.4, -0.2) is 33.2 Å². The molecular weight excluding hydrogens is 316 g/mol. The summed E-state index contributed by atoms with van der Waals surface area (Å²) in [5.41, 5.74) is 1.79. The minimum Gasteiger partial charge on any atom is -0.409 e. The summed E-state index contributed by atoms with van der Waals surface area (Å²) in [5, 5.41) is 0. The molecule has 0 aliphatic rings. The maximum Gasteiger partial charge on any atom is 0.428 e. The van der Waals surface area contributed by atoms with Crippen LogP contribution in [0.2, 0.25) is 0 Å². The van der Waals surface area contributed by atoms with Gasteiger partial charge in [0, 0.05) is 25.4 Å². The van der Waals surface area contributed by atoms with Crippen LogP contribution in [0, 0.1) is 6.92 Å². The van der Waals surface area contributed by atoms with Gasteiger partial charge in [-0.3, -0.25) is 9.17 Å². The molecule has 1 heterocycles. The molecule has 0 radical (unpaired) electrons. The van der Waals surface area contributed by atoms with E-state index < -0.39 is 17.4 Å². The lowest BCUT2D eigenvalue weighted by atomic mass is 10.2. The Hall–Kier alpha value is -2.25. The Morgan fingerprint density at radius 3 is 2.78 bits per heavy atom. The number of nitrogens with zero attached hydrogens (tertiary/aromatic N) is 2. The number of hydrogen-bond donors (Lipinski definition) is 0. The van der Waals surface area contributed by atoms with Crippen LogP contribution in [0.4, 0.5) is 4.79 Å². The molecule has 1 aromatic heterocycles. The van der Waals surface area contributed by atoms with Crippen molar-refractivity contribution in [2.24, 2.45) is 0 Å². The van der Waals surface area contributed by atoms with Crippen molar-refractivity contribution < 1.29 is 17.9 Å². The quantitative estimate of drug-likeness (QED) is 0.812. The number of benzene rings is 1. The number of aromatic nitrogens is 1. The third kappa shape index (κ3) is 5.46. The maximum absolute atomic E-state index is 11.9. The van der Waals surface area contributed by atoms with Gasteiger partial charge in [0.05, 0.1) is 6.61 Å². The second kappa shape index (κ2) is 8.40. The first-order chi connectivity index (χ1) is 11.1. The Balaban J connectivity index is 1.80. The van der Waals surface area contributed by atoms with Gasteiger partial charge < -0.3 is 4.74 Å². The highest BCUT2D eigenvalue weighted by Gasteiger charge is 2.18. The van der Waals surface area contributed by atoms with Crippen molar-refractivity contribution in [3.05, 3.63) is 59.9 Å². The van der Waals surface area contributed by atoms with Crippen LogP contribution >= 0.6 is 0 Å². The summed E-state index contributed by atoms with van der Waals surface area (Å²) in [6.45, 7) is 2.08. The van der Waals surface area contributed by atoms with Crippen LogP contribution in [0.5, 0.6) is 5.75 Å². The van der Waals surface area contributed by atoms with Crippen molar-refractivity contribution in [3.8, 4) is 5.75 Å². The Morgan fingerprint density at radius 1 is 1.26 bits per heavy atom. The number of ether oxygens (including phenoxy) is 1. The predicted molar refractivity (Wildman–Crippen MR) is 87.0 cm³/mol. The van der Waals surface area contributed by atoms with Crippen LogP contribution < -0.4 is 4.74 Å².